The number of amides is 1. The van der Waals surface area contributed by atoms with Gasteiger partial charge in [0.25, 0.3) is 5.91 Å². The highest BCUT2D eigenvalue weighted by Crippen LogP contribution is 2.56. The molecular formula is C25H34N4O2. The number of hydrazine groups is 1. The van der Waals surface area contributed by atoms with Crippen molar-refractivity contribution in [1.82, 2.24) is 15.8 Å². The number of nitrogens with one attached hydrogen (secondary N) is 3. The number of allylic oxidation sites excluding steroid dienone is 1. The summed E-state index contributed by atoms with van der Waals surface area (Å²) in [7, 11) is 0. The first-order valence-corrected chi connectivity index (χ1v) is 12.3. The molecule has 6 heteroatoms. The van der Waals surface area contributed by atoms with E-state index in [9.17, 15) is 9.90 Å². The summed E-state index contributed by atoms with van der Waals surface area (Å²) in [6, 6.07) is 0.691. The molecule has 0 radical (unpaired) electrons. The molecule has 1 aromatic heterocycles. The van der Waals surface area contributed by atoms with Crippen molar-refractivity contribution in [3.63, 3.8) is 0 Å². The zero-order valence-corrected chi connectivity index (χ0v) is 18.2. The van der Waals surface area contributed by atoms with E-state index in [-0.39, 0.29) is 5.91 Å². The van der Waals surface area contributed by atoms with Gasteiger partial charge in [-0.3, -0.25) is 15.2 Å². The lowest BCUT2D eigenvalue weighted by atomic mass is 9.52. The first-order valence-electron chi connectivity index (χ1n) is 12.3. The Kier molecular flexibility index (Phi) is 4.83. The molecule has 7 rings (SSSR count). The zero-order valence-electron chi connectivity index (χ0n) is 18.2. The Morgan fingerprint density at radius 3 is 2.61 bits per heavy atom. The van der Waals surface area contributed by atoms with Crippen molar-refractivity contribution in [3.8, 4) is 0 Å². The summed E-state index contributed by atoms with van der Waals surface area (Å²) in [6.07, 6.45) is 18.0. The molecule has 0 saturated heterocycles. The monoisotopic (exact) mass is 422 g/mol. The standard InChI is InChI=1S/C25H34N4O2/c30-24(29-28-18-5-2-1-3-6-18)20-14-26-21-8-4-7-19(21)23(20)27-22-16-9-15-10-17(22)13-25(31,11-15)12-16/h4,7,14-18,22,28,31H,1-3,5-6,8-13H2,(H,26,27)(H,29,30)/t15?,16-,17+,22?,25?. The van der Waals surface area contributed by atoms with Crippen molar-refractivity contribution in [2.24, 2.45) is 17.8 Å². The lowest BCUT2D eigenvalue weighted by Gasteiger charge is -2.58. The molecule has 0 aliphatic heterocycles. The molecule has 3 unspecified atom stereocenters. The topological polar surface area (TPSA) is 86.3 Å². The van der Waals surface area contributed by atoms with E-state index in [0.717, 1.165) is 55.5 Å². The van der Waals surface area contributed by atoms with Crippen LogP contribution in [0.25, 0.3) is 6.08 Å². The Morgan fingerprint density at radius 1 is 1.10 bits per heavy atom. The summed E-state index contributed by atoms with van der Waals surface area (Å²) < 4.78 is 0. The number of pyridine rings is 1. The molecular weight excluding hydrogens is 388 g/mol. The van der Waals surface area contributed by atoms with Crippen molar-refractivity contribution >= 4 is 17.7 Å². The minimum absolute atomic E-state index is 0.105. The van der Waals surface area contributed by atoms with E-state index >= 15 is 0 Å². The van der Waals surface area contributed by atoms with Gasteiger partial charge < -0.3 is 10.4 Å². The van der Waals surface area contributed by atoms with Crippen LogP contribution in [0.4, 0.5) is 5.69 Å². The van der Waals surface area contributed by atoms with Gasteiger partial charge in [-0.2, -0.15) is 0 Å². The molecule has 6 aliphatic carbocycles. The second-order valence-electron chi connectivity index (χ2n) is 10.8. The van der Waals surface area contributed by atoms with Crippen LogP contribution < -0.4 is 16.2 Å². The van der Waals surface area contributed by atoms with Crippen LogP contribution in [-0.2, 0) is 6.42 Å². The third-order valence-electron chi connectivity index (χ3n) is 8.59. The molecule has 1 aromatic rings. The second-order valence-corrected chi connectivity index (χ2v) is 10.8. The fraction of sp³-hybridized carbons (Fsp3) is 0.680. The van der Waals surface area contributed by atoms with Gasteiger partial charge in [-0.1, -0.05) is 31.4 Å². The summed E-state index contributed by atoms with van der Waals surface area (Å²) in [5, 5.41) is 14.8. The number of carbonyl (C=O) groups is 1. The highest BCUT2D eigenvalue weighted by atomic mass is 16.3. The average Bonchev–Trinajstić information content (AvgIpc) is 3.23. The van der Waals surface area contributed by atoms with Crippen LogP contribution >= 0.6 is 0 Å². The van der Waals surface area contributed by atoms with Gasteiger partial charge in [-0.25, -0.2) is 5.43 Å². The second kappa shape index (κ2) is 7.59. The summed E-state index contributed by atoms with van der Waals surface area (Å²) in [6.45, 7) is 0. The number of fused-ring (bicyclic) bond motifs is 1. The van der Waals surface area contributed by atoms with Gasteiger partial charge in [-0.15, -0.1) is 0 Å². The molecule has 0 aromatic carbocycles. The fourth-order valence-electron chi connectivity index (χ4n) is 7.39. The Labute approximate surface area is 184 Å². The molecule has 1 heterocycles. The van der Waals surface area contributed by atoms with Crippen LogP contribution in [0.15, 0.2) is 12.3 Å². The lowest BCUT2D eigenvalue weighted by molar-refractivity contribution is -0.129. The van der Waals surface area contributed by atoms with Gasteiger partial charge >= 0.3 is 0 Å². The van der Waals surface area contributed by atoms with E-state index in [1.807, 2.05) is 0 Å². The van der Waals surface area contributed by atoms with E-state index < -0.39 is 5.60 Å². The van der Waals surface area contributed by atoms with Crippen molar-refractivity contribution in [3.05, 3.63) is 29.1 Å². The van der Waals surface area contributed by atoms with E-state index in [1.165, 1.54) is 32.1 Å². The Hall–Kier alpha value is -1.92. The minimum Gasteiger partial charge on any atom is -0.390 e. The number of anilines is 1. The number of hydrogen-bond acceptors (Lipinski definition) is 5. The van der Waals surface area contributed by atoms with Gasteiger partial charge in [-0.05, 0) is 62.7 Å². The van der Waals surface area contributed by atoms with Crippen LogP contribution in [0.1, 0.15) is 85.8 Å². The molecule has 4 N–H and O–H groups in total. The number of aliphatic hydroxyl groups is 1. The Bertz CT molecular complexity index is 891. The number of nitrogens with zero attached hydrogens (tertiary/aromatic N) is 1. The molecule has 5 fully saturated rings. The van der Waals surface area contributed by atoms with Crippen LogP contribution in [0.2, 0.25) is 0 Å². The summed E-state index contributed by atoms with van der Waals surface area (Å²) in [5.41, 5.74) is 9.47. The van der Waals surface area contributed by atoms with Crippen molar-refractivity contribution in [1.29, 1.82) is 0 Å². The molecule has 31 heavy (non-hydrogen) atoms. The first-order chi connectivity index (χ1) is 15.1. The van der Waals surface area contributed by atoms with E-state index in [2.05, 4.69) is 33.3 Å². The van der Waals surface area contributed by atoms with Gasteiger partial charge in [0.2, 0.25) is 0 Å². The third kappa shape index (κ3) is 3.58. The van der Waals surface area contributed by atoms with Crippen LogP contribution in [0.3, 0.4) is 0 Å². The van der Waals surface area contributed by atoms with E-state index in [0.29, 0.717) is 35.4 Å². The number of hydrogen-bond donors (Lipinski definition) is 4. The Balaban J connectivity index is 1.25. The summed E-state index contributed by atoms with van der Waals surface area (Å²) >= 11 is 0. The smallest absolute Gasteiger partial charge is 0.269 e. The van der Waals surface area contributed by atoms with Crippen molar-refractivity contribution in [2.45, 2.75) is 88.3 Å². The normalized spacial score (nSPS) is 35.9. The molecule has 0 spiro atoms. The summed E-state index contributed by atoms with van der Waals surface area (Å²) in [5.74, 6) is 1.54. The summed E-state index contributed by atoms with van der Waals surface area (Å²) in [4.78, 5) is 17.8. The predicted octanol–water partition coefficient (Wildman–Crippen LogP) is 3.57. The highest BCUT2D eigenvalue weighted by molar-refractivity contribution is 6.01. The molecule has 166 valence electrons. The van der Waals surface area contributed by atoms with Crippen LogP contribution in [0.5, 0.6) is 0 Å². The maximum atomic E-state index is 13.2. The number of rotatable bonds is 5. The molecule has 5 atom stereocenters. The zero-order chi connectivity index (χ0) is 21.0. The van der Waals surface area contributed by atoms with Gasteiger partial charge in [0.15, 0.2) is 0 Å². The van der Waals surface area contributed by atoms with Crippen LogP contribution in [-0.4, -0.2) is 33.7 Å². The number of aromatic nitrogens is 1. The SMILES string of the molecule is O=C(NNC1CCCCC1)c1cnc2c(c1NC1[C@@H]3CC4C[C@H]1CC(O)(C4)C3)C=CC2. The quantitative estimate of drug-likeness (QED) is 0.545. The molecule has 5 saturated carbocycles. The number of carbonyl (C=O) groups excluding carboxylic acids is 1. The van der Waals surface area contributed by atoms with Crippen LogP contribution in [0, 0.1) is 17.8 Å². The molecule has 4 bridgehead atoms. The van der Waals surface area contributed by atoms with Gasteiger partial charge in [0.1, 0.15) is 0 Å². The van der Waals surface area contributed by atoms with Crippen molar-refractivity contribution < 1.29 is 9.90 Å². The largest absolute Gasteiger partial charge is 0.390 e. The minimum atomic E-state index is -0.446. The predicted molar refractivity (Wildman–Crippen MR) is 120 cm³/mol. The fourth-order valence-corrected chi connectivity index (χ4v) is 7.39. The third-order valence-corrected chi connectivity index (χ3v) is 8.59. The van der Waals surface area contributed by atoms with E-state index in [1.54, 1.807) is 6.20 Å². The van der Waals surface area contributed by atoms with Gasteiger partial charge in [0, 0.05) is 30.3 Å². The maximum absolute atomic E-state index is 13.2. The molecule has 6 nitrogen and oxygen atoms in total. The first kappa shape index (κ1) is 19.7. The molecule has 6 aliphatic rings. The van der Waals surface area contributed by atoms with E-state index in [4.69, 9.17) is 0 Å². The lowest BCUT2D eigenvalue weighted by Crippen LogP contribution is -2.59. The molecule has 1 amide bonds. The average molecular weight is 423 g/mol. The maximum Gasteiger partial charge on any atom is 0.269 e. The van der Waals surface area contributed by atoms with Crippen molar-refractivity contribution in [2.75, 3.05) is 5.32 Å². The van der Waals surface area contributed by atoms with Gasteiger partial charge in [0.05, 0.1) is 22.5 Å². The Morgan fingerprint density at radius 2 is 1.87 bits per heavy atom. The highest BCUT2D eigenvalue weighted by Gasteiger charge is 2.54.